The first-order valence-electron chi connectivity index (χ1n) is 10.6. The van der Waals surface area contributed by atoms with Gasteiger partial charge in [0.05, 0.1) is 12.7 Å². The van der Waals surface area contributed by atoms with Crippen LogP contribution >= 0.6 is 0 Å². The summed E-state index contributed by atoms with van der Waals surface area (Å²) in [6.07, 6.45) is 0.602. The van der Waals surface area contributed by atoms with Crippen LogP contribution in [0, 0.1) is 13.8 Å². The van der Waals surface area contributed by atoms with Gasteiger partial charge >= 0.3 is 0 Å². The SMILES string of the molecule is COc1ccc(C2=C(Nc3cccc(C)c3C)C(=O)N(CCc3ccccc3)C2=O)cc1. The van der Waals surface area contributed by atoms with Crippen LogP contribution in [0.5, 0.6) is 5.75 Å². The summed E-state index contributed by atoms with van der Waals surface area (Å²) in [5.41, 5.74) is 5.41. The molecule has 2 amide bonds. The molecule has 0 aliphatic carbocycles. The summed E-state index contributed by atoms with van der Waals surface area (Å²) < 4.78 is 5.25. The number of aryl methyl sites for hydroxylation is 1. The van der Waals surface area contributed by atoms with Gasteiger partial charge in [0.15, 0.2) is 0 Å². The maximum absolute atomic E-state index is 13.4. The molecule has 1 heterocycles. The molecule has 0 atom stereocenters. The largest absolute Gasteiger partial charge is 0.497 e. The molecule has 0 radical (unpaired) electrons. The number of carbonyl (C=O) groups excluding carboxylic acids is 2. The molecule has 0 spiro atoms. The normalized spacial score (nSPS) is 13.7. The molecule has 0 aromatic heterocycles. The zero-order chi connectivity index (χ0) is 22.7. The molecule has 0 unspecified atom stereocenters. The highest BCUT2D eigenvalue weighted by Crippen LogP contribution is 2.32. The molecule has 5 heteroatoms. The molecular weight excluding hydrogens is 400 g/mol. The number of benzene rings is 3. The third-order valence-corrected chi connectivity index (χ3v) is 5.88. The average Bonchev–Trinajstić information content (AvgIpc) is 3.05. The van der Waals surface area contributed by atoms with Crippen molar-refractivity contribution in [1.82, 2.24) is 4.90 Å². The summed E-state index contributed by atoms with van der Waals surface area (Å²) >= 11 is 0. The fraction of sp³-hybridized carbons (Fsp3) is 0.185. The van der Waals surface area contributed by atoms with Crippen LogP contribution in [-0.4, -0.2) is 30.4 Å². The maximum Gasteiger partial charge on any atom is 0.278 e. The Bertz CT molecular complexity index is 1180. The zero-order valence-corrected chi connectivity index (χ0v) is 18.5. The lowest BCUT2D eigenvalue weighted by Crippen LogP contribution is -2.34. The highest BCUT2D eigenvalue weighted by Gasteiger charge is 2.39. The predicted octanol–water partition coefficient (Wildman–Crippen LogP) is 4.75. The highest BCUT2D eigenvalue weighted by molar-refractivity contribution is 6.36. The Kier molecular flexibility index (Phi) is 6.08. The number of rotatable bonds is 7. The van der Waals surface area contributed by atoms with E-state index < -0.39 is 0 Å². The van der Waals surface area contributed by atoms with E-state index in [-0.39, 0.29) is 11.8 Å². The van der Waals surface area contributed by atoms with E-state index in [0.29, 0.717) is 35.5 Å². The summed E-state index contributed by atoms with van der Waals surface area (Å²) in [5, 5.41) is 3.27. The third-order valence-electron chi connectivity index (χ3n) is 5.88. The Morgan fingerprint density at radius 1 is 0.844 bits per heavy atom. The van der Waals surface area contributed by atoms with Crippen LogP contribution in [0.4, 0.5) is 5.69 Å². The van der Waals surface area contributed by atoms with Gasteiger partial charge in [-0.25, -0.2) is 0 Å². The van der Waals surface area contributed by atoms with Crippen molar-refractivity contribution in [3.63, 3.8) is 0 Å². The Labute approximate surface area is 188 Å². The molecule has 3 aromatic carbocycles. The van der Waals surface area contributed by atoms with Crippen molar-refractivity contribution in [1.29, 1.82) is 0 Å². The van der Waals surface area contributed by atoms with Crippen molar-refractivity contribution in [2.45, 2.75) is 20.3 Å². The third kappa shape index (κ3) is 4.14. The number of anilines is 1. The summed E-state index contributed by atoms with van der Waals surface area (Å²) in [4.78, 5) is 28.2. The van der Waals surface area contributed by atoms with Crippen LogP contribution in [0.15, 0.2) is 78.5 Å². The molecular formula is C27H26N2O3. The van der Waals surface area contributed by atoms with Gasteiger partial charge in [0.2, 0.25) is 0 Å². The van der Waals surface area contributed by atoms with Gasteiger partial charge in [0, 0.05) is 12.2 Å². The summed E-state index contributed by atoms with van der Waals surface area (Å²) in [7, 11) is 1.59. The smallest absolute Gasteiger partial charge is 0.278 e. The van der Waals surface area contributed by atoms with Crippen LogP contribution < -0.4 is 10.1 Å². The van der Waals surface area contributed by atoms with Crippen molar-refractivity contribution < 1.29 is 14.3 Å². The molecule has 1 N–H and O–H groups in total. The van der Waals surface area contributed by atoms with Crippen molar-refractivity contribution in [2.24, 2.45) is 0 Å². The first-order valence-corrected chi connectivity index (χ1v) is 10.6. The van der Waals surface area contributed by atoms with E-state index in [1.54, 1.807) is 19.2 Å². The fourth-order valence-electron chi connectivity index (χ4n) is 3.83. The van der Waals surface area contributed by atoms with Crippen molar-refractivity contribution in [3.05, 3.63) is 101 Å². The molecule has 1 aliphatic rings. The zero-order valence-electron chi connectivity index (χ0n) is 18.5. The second kappa shape index (κ2) is 9.10. The number of methoxy groups -OCH3 is 1. The summed E-state index contributed by atoms with van der Waals surface area (Å²) in [5.74, 6) is 0.0950. The van der Waals surface area contributed by atoms with Gasteiger partial charge in [-0.1, -0.05) is 54.6 Å². The average molecular weight is 427 g/mol. The summed E-state index contributed by atoms with van der Waals surface area (Å²) in [6.45, 7) is 4.34. The molecule has 0 saturated heterocycles. The van der Waals surface area contributed by atoms with Crippen LogP contribution in [0.2, 0.25) is 0 Å². The van der Waals surface area contributed by atoms with E-state index in [1.165, 1.54) is 4.90 Å². The number of nitrogens with zero attached hydrogens (tertiary/aromatic N) is 1. The maximum atomic E-state index is 13.4. The fourth-order valence-corrected chi connectivity index (χ4v) is 3.83. The number of nitrogens with one attached hydrogen (secondary N) is 1. The number of ether oxygens (including phenoxy) is 1. The van der Waals surface area contributed by atoms with Crippen LogP contribution in [0.25, 0.3) is 5.57 Å². The van der Waals surface area contributed by atoms with Crippen LogP contribution in [0.3, 0.4) is 0 Å². The van der Waals surface area contributed by atoms with Gasteiger partial charge in [-0.05, 0) is 60.7 Å². The predicted molar refractivity (Wildman–Crippen MR) is 126 cm³/mol. The van der Waals surface area contributed by atoms with E-state index in [0.717, 1.165) is 22.4 Å². The quantitative estimate of drug-likeness (QED) is 0.554. The number of amides is 2. The van der Waals surface area contributed by atoms with E-state index in [2.05, 4.69) is 5.32 Å². The number of carbonyl (C=O) groups is 2. The van der Waals surface area contributed by atoms with Crippen LogP contribution in [0.1, 0.15) is 22.3 Å². The van der Waals surface area contributed by atoms with Gasteiger partial charge in [-0.15, -0.1) is 0 Å². The van der Waals surface area contributed by atoms with Crippen molar-refractivity contribution >= 4 is 23.1 Å². The molecule has 0 bridgehead atoms. The molecule has 1 aliphatic heterocycles. The number of hydrogen-bond acceptors (Lipinski definition) is 4. The number of imide groups is 1. The van der Waals surface area contributed by atoms with E-state index >= 15 is 0 Å². The summed E-state index contributed by atoms with van der Waals surface area (Å²) in [6, 6.07) is 22.9. The van der Waals surface area contributed by atoms with Gasteiger partial charge in [-0.2, -0.15) is 0 Å². The van der Waals surface area contributed by atoms with Gasteiger partial charge in [-0.3, -0.25) is 14.5 Å². The molecule has 0 saturated carbocycles. The van der Waals surface area contributed by atoms with Crippen LogP contribution in [-0.2, 0) is 16.0 Å². The minimum absolute atomic E-state index is 0.288. The van der Waals surface area contributed by atoms with Crippen molar-refractivity contribution in [3.8, 4) is 5.75 Å². The molecule has 162 valence electrons. The van der Waals surface area contributed by atoms with E-state index in [4.69, 9.17) is 4.74 Å². The Hall–Kier alpha value is -3.86. The van der Waals surface area contributed by atoms with Gasteiger partial charge < -0.3 is 10.1 Å². The minimum atomic E-state index is -0.308. The number of hydrogen-bond donors (Lipinski definition) is 1. The first-order chi connectivity index (χ1) is 15.5. The minimum Gasteiger partial charge on any atom is -0.497 e. The first kappa shape index (κ1) is 21.4. The Balaban J connectivity index is 1.70. The standard InChI is InChI=1S/C27H26N2O3/c1-18-8-7-11-23(19(18)2)28-25-24(21-12-14-22(32-3)15-13-21)26(30)29(27(25)31)17-16-20-9-5-4-6-10-20/h4-15,28H,16-17H2,1-3H3. The lowest BCUT2D eigenvalue weighted by atomic mass is 10.0. The molecule has 5 nitrogen and oxygen atoms in total. The molecule has 3 aromatic rings. The monoisotopic (exact) mass is 426 g/mol. The lowest BCUT2D eigenvalue weighted by molar-refractivity contribution is -0.136. The highest BCUT2D eigenvalue weighted by atomic mass is 16.5. The Morgan fingerprint density at radius 3 is 2.25 bits per heavy atom. The van der Waals surface area contributed by atoms with Crippen molar-refractivity contribution in [2.75, 3.05) is 19.0 Å². The molecule has 32 heavy (non-hydrogen) atoms. The second-order valence-corrected chi connectivity index (χ2v) is 7.85. The van der Waals surface area contributed by atoms with Gasteiger partial charge in [0.25, 0.3) is 11.8 Å². The molecule has 0 fully saturated rings. The molecule has 4 rings (SSSR count). The topological polar surface area (TPSA) is 58.6 Å². The lowest BCUT2D eigenvalue weighted by Gasteiger charge is -2.16. The van der Waals surface area contributed by atoms with Gasteiger partial charge in [0.1, 0.15) is 11.4 Å². The van der Waals surface area contributed by atoms with E-state index in [9.17, 15) is 9.59 Å². The Morgan fingerprint density at radius 2 is 1.56 bits per heavy atom. The van der Waals surface area contributed by atoms with E-state index in [1.807, 2.05) is 74.5 Å². The second-order valence-electron chi connectivity index (χ2n) is 7.85.